The highest BCUT2D eigenvalue weighted by atomic mass is 32.2. The van der Waals surface area contributed by atoms with Crippen LogP contribution in [0.1, 0.15) is 16.7 Å². The van der Waals surface area contributed by atoms with Gasteiger partial charge in [0, 0.05) is 11.3 Å². The lowest BCUT2D eigenvalue weighted by atomic mass is 10.1. The fourth-order valence-electron chi connectivity index (χ4n) is 2.39. The van der Waals surface area contributed by atoms with Gasteiger partial charge < -0.3 is 5.32 Å². The van der Waals surface area contributed by atoms with Crippen LogP contribution in [0, 0.1) is 19.7 Å². The van der Waals surface area contributed by atoms with Crippen LogP contribution in [0.5, 0.6) is 0 Å². The maximum absolute atomic E-state index is 13.7. The van der Waals surface area contributed by atoms with Gasteiger partial charge in [-0.15, -0.1) is 0 Å². The van der Waals surface area contributed by atoms with Crippen molar-refractivity contribution in [2.24, 2.45) is 0 Å². The number of carbonyl (C=O) groups excluding carboxylic acids is 2. The molecule has 0 radical (unpaired) electrons. The predicted molar refractivity (Wildman–Crippen MR) is 98.6 cm³/mol. The normalized spacial score (nSPS) is 16.0. The zero-order valence-corrected chi connectivity index (χ0v) is 14.7. The number of benzene rings is 2. The Labute approximate surface area is 149 Å². The van der Waals surface area contributed by atoms with E-state index in [1.54, 1.807) is 18.2 Å². The van der Waals surface area contributed by atoms with Crippen molar-refractivity contribution in [1.82, 2.24) is 4.90 Å². The smallest absolute Gasteiger partial charge is 0.295 e. The second-order valence-corrected chi connectivity index (χ2v) is 6.76. The van der Waals surface area contributed by atoms with E-state index in [0.717, 1.165) is 27.9 Å². The first-order chi connectivity index (χ1) is 12.0. The third-order valence-corrected chi connectivity index (χ3v) is 4.92. The van der Waals surface area contributed by atoms with Crippen LogP contribution in [0.3, 0.4) is 0 Å². The number of imide groups is 1. The molecule has 0 spiro atoms. The van der Waals surface area contributed by atoms with Crippen LogP contribution >= 0.6 is 11.8 Å². The van der Waals surface area contributed by atoms with Gasteiger partial charge in [-0.25, -0.2) is 4.39 Å². The van der Waals surface area contributed by atoms with Gasteiger partial charge in [-0.3, -0.25) is 14.5 Å². The van der Waals surface area contributed by atoms with Crippen molar-refractivity contribution in [3.8, 4) is 0 Å². The van der Waals surface area contributed by atoms with Crippen LogP contribution in [-0.4, -0.2) is 22.7 Å². The molecule has 1 heterocycles. The fraction of sp³-hybridized carbons (Fsp3) is 0.158. The third-order valence-electron chi connectivity index (χ3n) is 4.01. The molecule has 4 nitrogen and oxygen atoms in total. The minimum absolute atomic E-state index is 0.0712. The van der Waals surface area contributed by atoms with E-state index in [-0.39, 0.29) is 22.4 Å². The number of halogens is 1. The second kappa shape index (κ2) is 7.11. The molecule has 0 atom stereocenters. The Bertz CT molecular complexity index is 879. The van der Waals surface area contributed by atoms with Crippen LogP contribution in [0.4, 0.5) is 14.9 Å². The molecule has 25 heavy (non-hydrogen) atoms. The molecule has 2 aromatic rings. The van der Waals surface area contributed by atoms with E-state index in [4.69, 9.17) is 0 Å². The Morgan fingerprint density at radius 3 is 2.60 bits per heavy atom. The molecule has 3 rings (SSSR count). The van der Waals surface area contributed by atoms with Crippen molar-refractivity contribution in [2.75, 3.05) is 12.0 Å². The minimum atomic E-state index is -0.428. The molecule has 1 aliphatic rings. The summed E-state index contributed by atoms with van der Waals surface area (Å²) in [5.74, 6) is -0.850. The number of hydrogen-bond acceptors (Lipinski definition) is 4. The molecule has 0 aromatic heterocycles. The van der Waals surface area contributed by atoms with Crippen molar-refractivity contribution >= 4 is 34.7 Å². The van der Waals surface area contributed by atoms with E-state index in [1.807, 2.05) is 32.0 Å². The number of aryl methyl sites for hydroxylation is 2. The SMILES string of the molecule is Cc1ccc(NCN2C(=O)S/C(=C/c3ccccc3F)C2=O)cc1C. The van der Waals surface area contributed by atoms with Gasteiger partial charge in [0.05, 0.1) is 11.6 Å². The summed E-state index contributed by atoms with van der Waals surface area (Å²) in [7, 11) is 0. The first-order valence-corrected chi connectivity index (χ1v) is 8.58. The molecule has 6 heteroatoms. The van der Waals surface area contributed by atoms with Gasteiger partial charge in [0.1, 0.15) is 5.82 Å². The van der Waals surface area contributed by atoms with E-state index in [2.05, 4.69) is 5.32 Å². The topological polar surface area (TPSA) is 49.4 Å². The predicted octanol–water partition coefficient (Wildman–Crippen LogP) is 4.55. The van der Waals surface area contributed by atoms with E-state index in [1.165, 1.54) is 17.7 Å². The summed E-state index contributed by atoms with van der Waals surface area (Å²) in [6, 6.07) is 12.0. The maximum Gasteiger partial charge on any atom is 0.295 e. The summed E-state index contributed by atoms with van der Waals surface area (Å²) >= 11 is 0.818. The first kappa shape index (κ1) is 17.2. The summed E-state index contributed by atoms with van der Waals surface area (Å²) in [6.45, 7) is 4.09. The highest BCUT2D eigenvalue weighted by Crippen LogP contribution is 2.32. The lowest BCUT2D eigenvalue weighted by Gasteiger charge is -2.15. The number of carbonyl (C=O) groups is 2. The van der Waals surface area contributed by atoms with Crippen LogP contribution in [0.25, 0.3) is 6.08 Å². The van der Waals surface area contributed by atoms with Gasteiger partial charge in [0.25, 0.3) is 11.1 Å². The van der Waals surface area contributed by atoms with E-state index in [9.17, 15) is 14.0 Å². The summed E-state index contributed by atoms with van der Waals surface area (Å²) in [5, 5.41) is 2.71. The average molecular weight is 356 g/mol. The number of rotatable bonds is 4. The number of hydrogen-bond donors (Lipinski definition) is 1. The standard InChI is InChI=1S/C19H17FN2O2S/c1-12-7-8-15(9-13(12)2)21-11-22-18(23)17(25-19(22)24)10-14-5-3-4-6-16(14)20/h3-10,21H,11H2,1-2H3/b17-10+. The van der Waals surface area contributed by atoms with Crippen LogP contribution in [0.15, 0.2) is 47.4 Å². The Kier molecular flexibility index (Phi) is 4.90. The Morgan fingerprint density at radius 1 is 1.12 bits per heavy atom. The Hall–Kier alpha value is -2.60. The van der Waals surface area contributed by atoms with E-state index < -0.39 is 11.7 Å². The molecule has 0 aliphatic carbocycles. The highest BCUT2D eigenvalue weighted by Gasteiger charge is 2.34. The summed E-state index contributed by atoms with van der Waals surface area (Å²) in [5.41, 5.74) is 3.42. The molecule has 1 saturated heterocycles. The van der Waals surface area contributed by atoms with Crippen molar-refractivity contribution in [2.45, 2.75) is 13.8 Å². The fourth-order valence-corrected chi connectivity index (χ4v) is 3.22. The van der Waals surface area contributed by atoms with E-state index >= 15 is 0 Å². The van der Waals surface area contributed by atoms with Crippen molar-refractivity contribution in [3.05, 3.63) is 69.9 Å². The Morgan fingerprint density at radius 2 is 1.88 bits per heavy atom. The van der Waals surface area contributed by atoms with Crippen LogP contribution in [-0.2, 0) is 4.79 Å². The number of amides is 2. The van der Waals surface area contributed by atoms with Gasteiger partial charge in [0.2, 0.25) is 0 Å². The number of anilines is 1. The van der Waals surface area contributed by atoms with Gasteiger partial charge >= 0.3 is 0 Å². The number of nitrogens with zero attached hydrogens (tertiary/aromatic N) is 1. The molecule has 1 N–H and O–H groups in total. The zero-order valence-electron chi connectivity index (χ0n) is 13.9. The Balaban J connectivity index is 1.73. The molecule has 2 amide bonds. The van der Waals surface area contributed by atoms with Gasteiger partial charge in [-0.1, -0.05) is 24.3 Å². The molecular weight excluding hydrogens is 339 g/mol. The highest BCUT2D eigenvalue weighted by molar-refractivity contribution is 8.18. The van der Waals surface area contributed by atoms with Gasteiger partial charge in [-0.2, -0.15) is 0 Å². The molecule has 2 aromatic carbocycles. The summed E-state index contributed by atoms with van der Waals surface area (Å²) in [6.07, 6.45) is 1.41. The zero-order chi connectivity index (χ0) is 18.0. The molecule has 128 valence electrons. The maximum atomic E-state index is 13.7. The van der Waals surface area contributed by atoms with Gasteiger partial charge in [0.15, 0.2) is 0 Å². The molecular formula is C19H17FN2O2S. The molecule has 0 unspecified atom stereocenters. The van der Waals surface area contributed by atoms with Crippen LogP contribution < -0.4 is 5.32 Å². The monoisotopic (exact) mass is 356 g/mol. The van der Waals surface area contributed by atoms with Crippen LogP contribution in [0.2, 0.25) is 0 Å². The van der Waals surface area contributed by atoms with Gasteiger partial charge in [-0.05, 0) is 61.0 Å². The number of thioether (sulfide) groups is 1. The van der Waals surface area contributed by atoms with Crippen molar-refractivity contribution < 1.29 is 14.0 Å². The largest absolute Gasteiger partial charge is 0.367 e. The summed E-state index contributed by atoms with van der Waals surface area (Å²) < 4.78 is 13.7. The van der Waals surface area contributed by atoms with Crippen molar-refractivity contribution in [3.63, 3.8) is 0 Å². The number of nitrogens with one attached hydrogen (secondary N) is 1. The van der Waals surface area contributed by atoms with Crippen molar-refractivity contribution in [1.29, 1.82) is 0 Å². The summed E-state index contributed by atoms with van der Waals surface area (Å²) in [4.78, 5) is 25.9. The molecule has 1 aliphatic heterocycles. The first-order valence-electron chi connectivity index (χ1n) is 7.77. The average Bonchev–Trinajstić information content (AvgIpc) is 2.85. The molecule has 0 bridgehead atoms. The quantitative estimate of drug-likeness (QED) is 0.817. The lowest BCUT2D eigenvalue weighted by Crippen LogP contribution is -2.33. The second-order valence-electron chi connectivity index (χ2n) is 5.77. The third kappa shape index (κ3) is 3.74. The molecule has 0 saturated carbocycles. The minimum Gasteiger partial charge on any atom is -0.367 e. The van der Waals surface area contributed by atoms with E-state index in [0.29, 0.717) is 0 Å². The molecule has 1 fully saturated rings. The lowest BCUT2D eigenvalue weighted by molar-refractivity contribution is -0.122.